The maximum Gasteiger partial charge on any atom is 0.226 e. The van der Waals surface area contributed by atoms with Gasteiger partial charge in [-0.25, -0.2) is 0 Å². The van der Waals surface area contributed by atoms with Gasteiger partial charge in [-0.1, -0.05) is 20.8 Å². The Kier molecular flexibility index (Phi) is 12.9. The van der Waals surface area contributed by atoms with Crippen molar-refractivity contribution in [3.8, 4) is 0 Å². The van der Waals surface area contributed by atoms with Crippen molar-refractivity contribution in [2.24, 2.45) is 17.6 Å². The number of hydrogen-bond acceptors (Lipinski definition) is 3. The Morgan fingerprint density at radius 1 is 1.25 bits per heavy atom. The molecule has 0 saturated carbocycles. The van der Waals surface area contributed by atoms with Gasteiger partial charge in [0.15, 0.2) is 0 Å². The van der Waals surface area contributed by atoms with Crippen LogP contribution in [0.4, 0.5) is 0 Å². The van der Waals surface area contributed by atoms with Gasteiger partial charge in [-0.15, -0.1) is 24.8 Å². The summed E-state index contributed by atoms with van der Waals surface area (Å²) in [5.41, 5.74) is 5.55. The SMILES string of the molecule is CCN(CC)CC1CCN(C(=O)C(C)CN)CC1.Cl.Cl. The zero-order valence-electron chi connectivity index (χ0n) is 13.0. The molecule has 0 radical (unpaired) electrons. The van der Waals surface area contributed by atoms with E-state index in [9.17, 15) is 4.79 Å². The molecule has 1 aliphatic heterocycles. The molecule has 1 amide bonds. The molecule has 1 atom stereocenters. The van der Waals surface area contributed by atoms with E-state index in [4.69, 9.17) is 5.73 Å². The Morgan fingerprint density at radius 2 is 1.75 bits per heavy atom. The Labute approximate surface area is 136 Å². The second-order valence-electron chi connectivity index (χ2n) is 5.39. The van der Waals surface area contributed by atoms with Crippen LogP contribution in [-0.4, -0.2) is 55.0 Å². The topological polar surface area (TPSA) is 49.6 Å². The van der Waals surface area contributed by atoms with E-state index in [1.807, 2.05) is 11.8 Å². The van der Waals surface area contributed by atoms with Crippen LogP contribution in [0.2, 0.25) is 0 Å². The van der Waals surface area contributed by atoms with Crippen LogP contribution in [-0.2, 0) is 4.79 Å². The average Bonchev–Trinajstić information content (AvgIpc) is 2.43. The molecule has 1 rings (SSSR count). The van der Waals surface area contributed by atoms with Crippen molar-refractivity contribution < 1.29 is 4.79 Å². The lowest BCUT2D eigenvalue weighted by molar-refractivity contribution is -0.136. The monoisotopic (exact) mass is 327 g/mol. The minimum Gasteiger partial charge on any atom is -0.342 e. The summed E-state index contributed by atoms with van der Waals surface area (Å²) in [6, 6.07) is 0. The number of amides is 1. The van der Waals surface area contributed by atoms with Gasteiger partial charge in [-0.05, 0) is 31.8 Å². The summed E-state index contributed by atoms with van der Waals surface area (Å²) in [4.78, 5) is 16.5. The van der Waals surface area contributed by atoms with Gasteiger partial charge in [-0.3, -0.25) is 4.79 Å². The molecule has 0 aliphatic carbocycles. The number of halogens is 2. The van der Waals surface area contributed by atoms with Crippen molar-refractivity contribution in [1.29, 1.82) is 0 Å². The van der Waals surface area contributed by atoms with E-state index in [0.717, 1.165) is 44.9 Å². The second kappa shape index (κ2) is 11.6. The lowest BCUT2D eigenvalue weighted by Crippen LogP contribution is -2.44. The zero-order valence-corrected chi connectivity index (χ0v) is 14.6. The number of nitrogens with zero attached hydrogens (tertiary/aromatic N) is 2. The molecule has 1 heterocycles. The highest BCUT2D eigenvalue weighted by Crippen LogP contribution is 2.19. The van der Waals surface area contributed by atoms with E-state index < -0.39 is 0 Å². The molecule has 1 unspecified atom stereocenters. The summed E-state index contributed by atoms with van der Waals surface area (Å²) in [5, 5.41) is 0. The molecule has 20 heavy (non-hydrogen) atoms. The molecule has 0 bridgehead atoms. The second-order valence-corrected chi connectivity index (χ2v) is 5.39. The quantitative estimate of drug-likeness (QED) is 0.811. The third-order valence-electron chi connectivity index (χ3n) is 4.11. The van der Waals surface area contributed by atoms with Gasteiger partial charge >= 0.3 is 0 Å². The van der Waals surface area contributed by atoms with E-state index in [2.05, 4.69) is 18.7 Å². The van der Waals surface area contributed by atoms with Crippen molar-refractivity contribution in [3.63, 3.8) is 0 Å². The minimum absolute atomic E-state index is 0. The van der Waals surface area contributed by atoms with Crippen molar-refractivity contribution in [3.05, 3.63) is 0 Å². The molecular formula is C14H31Cl2N3O. The first-order valence-corrected chi connectivity index (χ1v) is 7.33. The predicted octanol–water partition coefficient (Wildman–Crippen LogP) is 2.01. The largest absolute Gasteiger partial charge is 0.342 e. The number of hydrogen-bond donors (Lipinski definition) is 1. The Bertz CT molecular complexity index is 255. The van der Waals surface area contributed by atoms with E-state index in [-0.39, 0.29) is 36.6 Å². The van der Waals surface area contributed by atoms with Crippen LogP contribution in [0.5, 0.6) is 0 Å². The number of nitrogens with two attached hydrogens (primary N) is 1. The molecule has 0 spiro atoms. The molecule has 2 N–H and O–H groups in total. The molecule has 0 aromatic rings. The fourth-order valence-corrected chi connectivity index (χ4v) is 2.60. The molecule has 4 nitrogen and oxygen atoms in total. The van der Waals surface area contributed by atoms with Crippen molar-refractivity contribution in [2.45, 2.75) is 33.6 Å². The summed E-state index contributed by atoms with van der Waals surface area (Å²) in [7, 11) is 0. The van der Waals surface area contributed by atoms with Gasteiger partial charge in [0.1, 0.15) is 0 Å². The van der Waals surface area contributed by atoms with Gasteiger partial charge in [0, 0.05) is 32.1 Å². The standard InChI is InChI=1S/C14H29N3O.2ClH/c1-4-16(5-2)11-13-6-8-17(9-7-13)14(18)12(3)10-15;;/h12-13H,4-11,15H2,1-3H3;2*1H. The van der Waals surface area contributed by atoms with E-state index in [0.29, 0.717) is 6.54 Å². The normalized spacial score (nSPS) is 17.4. The summed E-state index contributed by atoms with van der Waals surface area (Å²) in [6.45, 7) is 12.1. The maximum atomic E-state index is 12.0. The first-order valence-electron chi connectivity index (χ1n) is 7.33. The highest BCUT2D eigenvalue weighted by Gasteiger charge is 2.25. The van der Waals surface area contributed by atoms with Gasteiger partial charge in [0.2, 0.25) is 5.91 Å². The average molecular weight is 328 g/mol. The molecule has 122 valence electrons. The first kappa shape index (κ1) is 22.3. The molecule has 1 aliphatic rings. The maximum absolute atomic E-state index is 12.0. The van der Waals surface area contributed by atoms with Gasteiger partial charge < -0.3 is 15.5 Å². The number of carbonyl (C=O) groups excluding carboxylic acids is 1. The highest BCUT2D eigenvalue weighted by atomic mass is 35.5. The summed E-state index contributed by atoms with van der Waals surface area (Å²) >= 11 is 0. The summed E-state index contributed by atoms with van der Waals surface area (Å²) < 4.78 is 0. The molecule has 6 heteroatoms. The lowest BCUT2D eigenvalue weighted by atomic mass is 9.95. The van der Waals surface area contributed by atoms with Gasteiger partial charge in [-0.2, -0.15) is 0 Å². The van der Waals surface area contributed by atoms with Crippen LogP contribution in [0.1, 0.15) is 33.6 Å². The van der Waals surface area contributed by atoms with E-state index >= 15 is 0 Å². The van der Waals surface area contributed by atoms with E-state index in [1.54, 1.807) is 0 Å². The summed E-state index contributed by atoms with van der Waals surface area (Å²) in [6.07, 6.45) is 2.28. The molecule has 1 saturated heterocycles. The Hall–Kier alpha value is -0.0300. The number of rotatable bonds is 6. The predicted molar refractivity (Wildman–Crippen MR) is 89.8 cm³/mol. The highest BCUT2D eigenvalue weighted by molar-refractivity contribution is 5.85. The van der Waals surface area contributed by atoms with Crippen LogP contribution >= 0.6 is 24.8 Å². The number of likely N-dealkylation sites (tertiary alicyclic amines) is 1. The fourth-order valence-electron chi connectivity index (χ4n) is 2.60. The smallest absolute Gasteiger partial charge is 0.226 e. The molecular weight excluding hydrogens is 297 g/mol. The lowest BCUT2D eigenvalue weighted by Gasteiger charge is -2.35. The number of piperidine rings is 1. The van der Waals surface area contributed by atoms with Crippen LogP contribution < -0.4 is 5.73 Å². The number of carbonyl (C=O) groups is 1. The van der Waals surface area contributed by atoms with E-state index in [1.165, 1.54) is 6.54 Å². The first-order chi connectivity index (χ1) is 8.62. The molecule has 0 aromatic heterocycles. The van der Waals surface area contributed by atoms with Crippen LogP contribution in [0, 0.1) is 11.8 Å². The summed E-state index contributed by atoms with van der Waals surface area (Å²) in [5.74, 6) is 0.963. The molecule has 1 fully saturated rings. The van der Waals surface area contributed by atoms with Gasteiger partial charge in [0.25, 0.3) is 0 Å². The van der Waals surface area contributed by atoms with Crippen molar-refractivity contribution in [2.75, 3.05) is 39.3 Å². The third kappa shape index (κ3) is 6.61. The Balaban J connectivity index is 0. The van der Waals surface area contributed by atoms with Crippen LogP contribution in [0.25, 0.3) is 0 Å². The van der Waals surface area contributed by atoms with Gasteiger partial charge in [0.05, 0.1) is 0 Å². The minimum atomic E-state index is -0.0238. The zero-order chi connectivity index (χ0) is 13.5. The van der Waals surface area contributed by atoms with Crippen LogP contribution in [0.3, 0.4) is 0 Å². The third-order valence-corrected chi connectivity index (χ3v) is 4.11. The van der Waals surface area contributed by atoms with Crippen LogP contribution in [0.15, 0.2) is 0 Å². The van der Waals surface area contributed by atoms with Crippen molar-refractivity contribution >= 4 is 30.7 Å². The fraction of sp³-hybridized carbons (Fsp3) is 0.929. The molecule has 0 aromatic carbocycles. The Morgan fingerprint density at radius 3 is 2.15 bits per heavy atom. The van der Waals surface area contributed by atoms with Crippen molar-refractivity contribution in [1.82, 2.24) is 9.80 Å².